The minimum atomic E-state index is -0.256. The lowest BCUT2D eigenvalue weighted by molar-refractivity contribution is -0.119. The number of Topliss-reactive ketones (excluding diaryl/α,β-unsaturated/α-hetero) is 4. The summed E-state index contributed by atoms with van der Waals surface area (Å²) in [6, 6.07) is 46.0. The summed E-state index contributed by atoms with van der Waals surface area (Å²) in [5, 5.41) is 1.45. The predicted octanol–water partition coefficient (Wildman–Crippen LogP) is 16.6. The van der Waals surface area contributed by atoms with Gasteiger partial charge in [0.25, 0.3) is 11.1 Å². The molecule has 2 aromatic heterocycles. The molecule has 14 rings (SSSR count). The number of rotatable bonds is 10. The highest BCUT2D eigenvalue weighted by Crippen LogP contribution is 2.37. The number of halogens is 6. The second-order valence-electron chi connectivity index (χ2n) is 25.6. The standard InChI is InChI=1S/2C24H22FNO2.2C17H14ClFO/c1-15-11-18(14-26(2)24(15)28)22-9-5-17-13-20(27)8-10-21(17)23(22)12-16-3-6-19(25)7-4-16;1-15-9-20(14-26(2)24(15)28)23-13-17-5-8-22(27)12-18(17)11-19(23)10-16-3-6-21(25)7-4-16;18-17-8-3-12-10-14(20)6-7-15(12)16(17)9-11-1-4-13(19)5-2-11;18-17-10-12-3-6-16(20)9-13(12)8-14(17)7-11-1-4-15(19)5-2-11/h3-7,9,11,14H,8,10,12-13H2,1-2H3;3-4,6-7,9,11,13-14H,5,8,10,12H2,1-2H3;1-5,8H,6-7,9-10H2;1-2,4-5,8,10H,3,6-7,9H2. The van der Waals surface area contributed by atoms with E-state index >= 15 is 0 Å². The normalized spacial score (nSPS) is 13.8. The first-order valence-corrected chi connectivity index (χ1v) is 33.1. The Kier molecular flexibility index (Phi) is 21.4. The summed E-state index contributed by atoms with van der Waals surface area (Å²) < 4.78 is 55.7. The van der Waals surface area contributed by atoms with Crippen LogP contribution in [0, 0.1) is 37.1 Å². The van der Waals surface area contributed by atoms with Gasteiger partial charge in [0.1, 0.15) is 46.4 Å². The van der Waals surface area contributed by atoms with Gasteiger partial charge >= 0.3 is 0 Å². The van der Waals surface area contributed by atoms with Gasteiger partial charge in [-0.3, -0.25) is 28.8 Å². The molecule has 0 spiro atoms. The van der Waals surface area contributed by atoms with E-state index in [1.807, 2.05) is 68.7 Å². The third-order valence-electron chi connectivity index (χ3n) is 18.5. The molecule has 0 aliphatic heterocycles. The Hall–Kier alpha value is -9.36. The van der Waals surface area contributed by atoms with Crippen LogP contribution in [0.15, 0.2) is 180 Å². The highest BCUT2D eigenvalue weighted by atomic mass is 35.5. The van der Waals surface area contributed by atoms with E-state index in [4.69, 9.17) is 23.2 Å². The van der Waals surface area contributed by atoms with Crippen LogP contribution in [0.4, 0.5) is 17.6 Å². The van der Waals surface area contributed by atoms with Gasteiger partial charge < -0.3 is 9.13 Å². The Bertz CT molecular complexity index is 4630. The number of nitrogens with zero attached hydrogens (tertiary/aromatic N) is 2. The van der Waals surface area contributed by atoms with Gasteiger partial charge in [-0.25, -0.2) is 17.6 Å². The van der Waals surface area contributed by atoms with Crippen molar-refractivity contribution in [2.45, 2.75) is 117 Å². The van der Waals surface area contributed by atoms with Gasteiger partial charge in [0.15, 0.2) is 0 Å². The molecule has 8 nitrogen and oxygen atoms in total. The van der Waals surface area contributed by atoms with Crippen LogP contribution in [-0.4, -0.2) is 32.3 Å². The van der Waals surface area contributed by atoms with Crippen molar-refractivity contribution in [3.63, 3.8) is 0 Å². The molecule has 0 unspecified atom stereocenters. The largest absolute Gasteiger partial charge is 0.318 e. The third-order valence-corrected chi connectivity index (χ3v) is 19.3. The molecule has 14 heteroatoms. The van der Waals surface area contributed by atoms with E-state index in [1.165, 1.54) is 70.8 Å². The predicted molar refractivity (Wildman–Crippen MR) is 372 cm³/mol. The smallest absolute Gasteiger partial charge is 0.253 e. The quantitative estimate of drug-likeness (QED) is 0.126. The second-order valence-corrected chi connectivity index (χ2v) is 26.4. The molecule has 0 atom stereocenters. The Morgan fingerprint density at radius 1 is 0.344 bits per heavy atom. The molecule has 0 bridgehead atoms. The van der Waals surface area contributed by atoms with Crippen LogP contribution in [0.3, 0.4) is 0 Å². The second kappa shape index (κ2) is 30.2. The van der Waals surface area contributed by atoms with Gasteiger partial charge in [-0.05, 0) is 249 Å². The molecule has 10 aromatic rings. The number of benzene rings is 8. The number of aromatic nitrogens is 2. The minimum absolute atomic E-state index is 0.00705. The SMILES string of the molecule is Cc1cc(-c2cc3c(cc2Cc2ccc(F)cc2)CC(=O)CC3)cn(C)c1=O.Cc1cc(-c2ccc3c(c2Cc2ccc(F)cc2)CCC(=O)C3)cn(C)c1=O.O=C1CCc2c(ccc(Cl)c2Cc2ccc(F)cc2)C1.O=C1CCc2cc(Cl)c(Cc3ccc(F)cc3)cc2C1. The topological polar surface area (TPSA) is 112 Å². The first-order chi connectivity index (χ1) is 46.1. The van der Waals surface area contributed by atoms with Crippen LogP contribution in [0.5, 0.6) is 0 Å². The van der Waals surface area contributed by atoms with Crippen LogP contribution in [0.2, 0.25) is 10.0 Å². The van der Waals surface area contributed by atoms with E-state index < -0.39 is 0 Å². The molecule has 0 saturated carbocycles. The van der Waals surface area contributed by atoms with E-state index in [0.29, 0.717) is 88.2 Å². The summed E-state index contributed by atoms with van der Waals surface area (Å²) in [6.45, 7) is 3.64. The molecule has 0 fully saturated rings. The molecular formula is C82H72Cl2F4N2O6. The number of pyridine rings is 2. The molecule has 0 amide bonds. The zero-order valence-electron chi connectivity index (χ0n) is 54.1. The number of hydrogen-bond acceptors (Lipinski definition) is 6. The first kappa shape index (κ1) is 68.0. The monoisotopic (exact) mass is 1330 g/mol. The average molecular weight is 1330 g/mol. The van der Waals surface area contributed by atoms with Crippen LogP contribution in [-0.2, 0) is 110 Å². The zero-order valence-corrected chi connectivity index (χ0v) is 55.6. The van der Waals surface area contributed by atoms with Gasteiger partial charge in [0.2, 0.25) is 0 Å². The molecule has 2 heterocycles. The van der Waals surface area contributed by atoms with Crippen LogP contribution in [0.1, 0.15) is 126 Å². The van der Waals surface area contributed by atoms with E-state index in [9.17, 15) is 46.3 Å². The number of aryl methyl sites for hydroxylation is 6. The summed E-state index contributed by atoms with van der Waals surface area (Å²) in [6.07, 6.45) is 13.6. The van der Waals surface area contributed by atoms with Crippen molar-refractivity contribution in [1.29, 1.82) is 0 Å². The maximum absolute atomic E-state index is 13.3. The van der Waals surface area contributed by atoms with Crippen LogP contribution < -0.4 is 11.1 Å². The molecule has 0 saturated heterocycles. The summed E-state index contributed by atoms with van der Waals surface area (Å²) in [4.78, 5) is 71.2. The summed E-state index contributed by atoms with van der Waals surface area (Å²) in [7, 11) is 3.52. The van der Waals surface area contributed by atoms with Crippen molar-refractivity contribution < 1.29 is 36.7 Å². The van der Waals surface area contributed by atoms with E-state index in [-0.39, 0.29) is 57.5 Å². The fourth-order valence-corrected chi connectivity index (χ4v) is 14.0. The van der Waals surface area contributed by atoms with Crippen LogP contribution in [0.25, 0.3) is 22.3 Å². The highest BCUT2D eigenvalue weighted by molar-refractivity contribution is 6.32. The zero-order chi connectivity index (χ0) is 67.9. The molecule has 0 N–H and O–H groups in total. The maximum atomic E-state index is 13.3. The molecule has 8 aromatic carbocycles. The number of carbonyl (C=O) groups excluding carboxylic acids is 4. The number of fused-ring (bicyclic) bond motifs is 4. The Morgan fingerprint density at radius 2 is 0.708 bits per heavy atom. The van der Waals surface area contributed by atoms with Crippen molar-refractivity contribution in [3.05, 3.63) is 324 Å². The van der Waals surface area contributed by atoms with Gasteiger partial charge in [-0.1, -0.05) is 108 Å². The molecule has 0 radical (unpaired) electrons. The van der Waals surface area contributed by atoms with Gasteiger partial charge in [-0.2, -0.15) is 0 Å². The molecule has 488 valence electrons. The fourth-order valence-electron chi connectivity index (χ4n) is 13.5. The van der Waals surface area contributed by atoms with Crippen molar-refractivity contribution in [3.8, 4) is 22.3 Å². The summed E-state index contributed by atoms with van der Waals surface area (Å²) >= 11 is 12.6. The highest BCUT2D eigenvalue weighted by Gasteiger charge is 2.25. The van der Waals surface area contributed by atoms with Crippen molar-refractivity contribution in [2.75, 3.05) is 0 Å². The molecule has 4 aliphatic rings. The van der Waals surface area contributed by atoms with Crippen molar-refractivity contribution in [1.82, 2.24) is 9.13 Å². The molecule has 96 heavy (non-hydrogen) atoms. The van der Waals surface area contributed by atoms with Gasteiger partial charge in [-0.15, -0.1) is 0 Å². The third kappa shape index (κ3) is 16.6. The van der Waals surface area contributed by atoms with E-state index in [1.54, 1.807) is 71.8 Å². The first-order valence-electron chi connectivity index (χ1n) is 32.4. The Balaban J connectivity index is 0.000000132. The minimum Gasteiger partial charge on any atom is -0.318 e. The number of ketones is 4. The van der Waals surface area contributed by atoms with Crippen molar-refractivity contribution >= 4 is 46.3 Å². The maximum Gasteiger partial charge on any atom is 0.253 e. The van der Waals surface area contributed by atoms with Gasteiger partial charge in [0, 0.05) is 99.0 Å². The Morgan fingerprint density at radius 3 is 1.17 bits per heavy atom. The molecular weight excluding hydrogens is 1260 g/mol. The lowest BCUT2D eigenvalue weighted by atomic mass is 9.82. The lowest BCUT2D eigenvalue weighted by Crippen LogP contribution is -2.19. The molecule has 4 aliphatic carbocycles. The van der Waals surface area contributed by atoms with E-state index in [2.05, 4.69) is 18.2 Å². The average Bonchev–Trinajstić information content (AvgIpc) is 0.790. The summed E-state index contributed by atoms with van der Waals surface area (Å²) in [5.74, 6) is 0.125. The number of carbonyl (C=O) groups is 4. The van der Waals surface area contributed by atoms with Crippen molar-refractivity contribution in [2.24, 2.45) is 14.1 Å². The fraction of sp³-hybridized carbons (Fsp3) is 0.244. The Labute approximate surface area is 566 Å². The van der Waals surface area contributed by atoms with E-state index in [0.717, 1.165) is 125 Å². The lowest BCUT2D eigenvalue weighted by Gasteiger charge is -2.22. The number of hydrogen-bond donors (Lipinski definition) is 0. The summed E-state index contributed by atoms with van der Waals surface area (Å²) in [5.41, 5.74) is 23.0. The van der Waals surface area contributed by atoms with Gasteiger partial charge in [0.05, 0.1) is 0 Å². The van der Waals surface area contributed by atoms with Crippen LogP contribution >= 0.6 is 23.2 Å².